The van der Waals surface area contributed by atoms with Crippen LogP contribution in [0.15, 0.2) is 53.5 Å². The van der Waals surface area contributed by atoms with E-state index < -0.39 is 0 Å². The van der Waals surface area contributed by atoms with Crippen molar-refractivity contribution in [2.75, 3.05) is 19.5 Å². The van der Waals surface area contributed by atoms with Crippen molar-refractivity contribution < 1.29 is 14.2 Å². The molecule has 0 aliphatic rings. The summed E-state index contributed by atoms with van der Waals surface area (Å²) in [7, 11) is 3.11. The van der Waals surface area contributed by atoms with E-state index in [1.54, 1.807) is 50.7 Å². The summed E-state index contributed by atoms with van der Waals surface area (Å²) in [4.78, 5) is 3.63. The Labute approximate surface area is 128 Å². The van der Waals surface area contributed by atoms with E-state index in [1.807, 2.05) is 18.2 Å². The van der Waals surface area contributed by atoms with Crippen LogP contribution in [-0.4, -0.2) is 20.2 Å². The van der Waals surface area contributed by atoms with Gasteiger partial charge in [-0.05, 0) is 24.3 Å². The van der Waals surface area contributed by atoms with Gasteiger partial charge in [-0.2, -0.15) is 5.26 Å². The number of rotatable bonds is 4. The van der Waals surface area contributed by atoms with Crippen molar-refractivity contribution >= 4 is 11.7 Å². The Hall–Kier alpha value is -3.20. The molecule has 0 bridgehead atoms. The minimum Gasteiger partial charge on any atom is -0.493 e. The number of nitrogens with zero attached hydrogens (tertiary/aromatic N) is 2. The molecule has 0 atom stereocenters. The van der Waals surface area contributed by atoms with Gasteiger partial charge < -0.3 is 19.5 Å². The largest absolute Gasteiger partial charge is 0.493 e. The van der Waals surface area contributed by atoms with Crippen LogP contribution < -0.4 is 19.5 Å². The van der Waals surface area contributed by atoms with Gasteiger partial charge in [-0.25, -0.2) is 0 Å². The third-order valence-corrected chi connectivity index (χ3v) is 2.74. The summed E-state index contributed by atoms with van der Waals surface area (Å²) >= 11 is 0. The molecule has 2 aromatic carbocycles. The van der Waals surface area contributed by atoms with E-state index >= 15 is 0 Å². The number of methoxy groups -OCH3 is 2. The summed E-state index contributed by atoms with van der Waals surface area (Å²) in [6.45, 7) is 0. The quantitative estimate of drug-likeness (QED) is 0.533. The fourth-order valence-corrected chi connectivity index (χ4v) is 1.76. The van der Waals surface area contributed by atoms with Crippen LogP contribution in [0.25, 0.3) is 0 Å². The molecule has 22 heavy (non-hydrogen) atoms. The number of aliphatic imine (C=N–C) groups is 1. The van der Waals surface area contributed by atoms with Crippen molar-refractivity contribution in [2.45, 2.75) is 0 Å². The van der Waals surface area contributed by atoms with Gasteiger partial charge in [-0.1, -0.05) is 18.2 Å². The molecular weight excluding hydrogens is 282 g/mol. The lowest BCUT2D eigenvalue weighted by Gasteiger charge is -2.12. The molecule has 2 aromatic rings. The van der Waals surface area contributed by atoms with Crippen LogP contribution in [0.1, 0.15) is 0 Å². The number of hydrogen-bond donors (Lipinski definition) is 1. The van der Waals surface area contributed by atoms with E-state index in [4.69, 9.17) is 19.5 Å². The second-order valence-electron chi connectivity index (χ2n) is 4.13. The van der Waals surface area contributed by atoms with Gasteiger partial charge in [0, 0.05) is 11.8 Å². The lowest BCUT2D eigenvalue weighted by molar-refractivity contribution is 0.355. The molecule has 0 fully saturated rings. The zero-order valence-electron chi connectivity index (χ0n) is 12.2. The number of ether oxygens (including phenoxy) is 3. The smallest absolute Gasteiger partial charge is 0.310 e. The van der Waals surface area contributed by atoms with Crippen molar-refractivity contribution in [1.82, 2.24) is 0 Å². The SMILES string of the molecule is COc1ccc(N/C(=N/C#N)Oc2ccccc2)cc1OC. The predicted molar refractivity (Wildman–Crippen MR) is 83.3 cm³/mol. The highest BCUT2D eigenvalue weighted by atomic mass is 16.5. The van der Waals surface area contributed by atoms with Crippen LogP contribution in [0.5, 0.6) is 17.2 Å². The van der Waals surface area contributed by atoms with Crippen molar-refractivity contribution in [2.24, 2.45) is 4.99 Å². The topological polar surface area (TPSA) is 75.9 Å². The molecule has 6 heteroatoms. The zero-order chi connectivity index (χ0) is 15.8. The first-order chi connectivity index (χ1) is 10.8. The second-order valence-corrected chi connectivity index (χ2v) is 4.13. The first-order valence-electron chi connectivity index (χ1n) is 6.45. The first-order valence-corrected chi connectivity index (χ1v) is 6.45. The summed E-state index contributed by atoms with van der Waals surface area (Å²) in [6, 6.07) is 14.4. The lowest BCUT2D eigenvalue weighted by Crippen LogP contribution is -2.19. The average Bonchev–Trinajstić information content (AvgIpc) is 2.56. The van der Waals surface area contributed by atoms with E-state index in [-0.39, 0.29) is 6.02 Å². The third-order valence-electron chi connectivity index (χ3n) is 2.74. The Morgan fingerprint density at radius 3 is 2.41 bits per heavy atom. The third kappa shape index (κ3) is 3.90. The fourth-order valence-electron chi connectivity index (χ4n) is 1.76. The number of anilines is 1. The molecule has 0 aliphatic carbocycles. The number of amidine groups is 1. The van der Waals surface area contributed by atoms with Crippen LogP contribution in [0.2, 0.25) is 0 Å². The normalized spacial score (nSPS) is 10.5. The molecule has 0 aromatic heterocycles. The summed E-state index contributed by atoms with van der Waals surface area (Å²) in [5, 5.41) is 11.7. The van der Waals surface area contributed by atoms with Gasteiger partial charge in [0.2, 0.25) is 6.19 Å². The van der Waals surface area contributed by atoms with Crippen molar-refractivity contribution in [1.29, 1.82) is 5.26 Å². The molecule has 0 heterocycles. The first kappa shape index (κ1) is 15.2. The Bertz CT molecular complexity index is 694. The van der Waals surface area contributed by atoms with Crippen LogP contribution in [0, 0.1) is 11.5 Å². The van der Waals surface area contributed by atoms with Crippen LogP contribution in [0.4, 0.5) is 5.69 Å². The van der Waals surface area contributed by atoms with Crippen LogP contribution in [0.3, 0.4) is 0 Å². The maximum Gasteiger partial charge on any atom is 0.310 e. The summed E-state index contributed by atoms with van der Waals surface area (Å²) in [5.41, 5.74) is 0.655. The van der Waals surface area contributed by atoms with Gasteiger partial charge in [-0.3, -0.25) is 0 Å². The van der Waals surface area contributed by atoms with Gasteiger partial charge in [0.05, 0.1) is 14.2 Å². The average molecular weight is 297 g/mol. The van der Waals surface area contributed by atoms with Gasteiger partial charge in [0.15, 0.2) is 11.5 Å². The summed E-state index contributed by atoms with van der Waals surface area (Å²) in [5.74, 6) is 1.74. The molecule has 0 saturated carbocycles. The number of nitriles is 1. The Morgan fingerprint density at radius 1 is 1.05 bits per heavy atom. The van der Waals surface area contributed by atoms with E-state index in [0.717, 1.165) is 0 Å². The standard InChI is InChI=1S/C16H15N3O3/c1-20-14-9-8-12(10-15(14)21-2)19-16(18-11-17)22-13-6-4-3-5-7-13/h3-10H,1-2H3,(H,18,19). The van der Waals surface area contributed by atoms with Gasteiger partial charge >= 0.3 is 6.02 Å². The van der Waals surface area contributed by atoms with E-state index in [0.29, 0.717) is 22.9 Å². The minimum absolute atomic E-state index is 0.0703. The number of nitrogens with one attached hydrogen (secondary N) is 1. The van der Waals surface area contributed by atoms with Crippen LogP contribution in [-0.2, 0) is 0 Å². The van der Waals surface area contributed by atoms with E-state index in [2.05, 4.69) is 10.3 Å². The monoisotopic (exact) mass is 297 g/mol. The predicted octanol–water partition coefficient (Wildman–Crippen LogP) is 3.03. The maximum absolute atomic E-state index is 8.77. The molecule has 0 unspecified atom stereocenters. The molecule has 0 radical (unpaired) electrons. The summed E-state index contributed by atoms with van der Waals surface area (Å²) < 4.78 is 15.9. The van der Waals surface area contributed by atoms with E-state index in [1.165, 1.54) is 0 Å². The van der Waals surface area contributed by atoms with Crippen molar-refractivity contribution in [3.63, 3.8) is 0 Å². The molecule has 0 amide bonds. The van der Waals surface area contributed by atoms with Gasteiger partial charge in [-0.15, -0.1) is 4.99 Å². The number of hydrogen-bond acceptors (Lipinski definition) is 5. The fraction of sp³-hybridized carbons (Fsp3) is 0.125. The molecular formula is C16H15N3O3. The zero-order valence-corrected chi connectivity index (χ0v) is 12.2. The Balaban J connectivity index is 2.18. The highest BCUT2D eigenvalue weighted by molar-refractivity contribution is 5.91. The van der Waals surface area contributed by atoms with Gasteiger partial charge in [0.1, 0.15) is 5.75 Å². The Morgan fingerprint density at radius 2 is 1.77 bits per heavy atom. The molecule has 2 rings (SSSR count). The van der Waals surface area contributed by atoms with Crippen molar-refractivity contribution in [3.8, 4) is 23.4 Å². The maximum atomic E-state index is 8.77. The molecule has 6 nitrogen and oxygen atoms in total. The molecule has 0 saturated heterocycles. The van der Waals surface area contributed by atoms with E-state index in [9.17, 15) is 0 Å². The highest BCUT2D eigenvalue weighted by Gasteiger charge is 2.08. The molecule has 0 aliphatic heterocycles. The molecule has 0 spiro atoms. The number of benzene rings is 2. The van der Waals surface area contributed by atoms with Crippen molar-refractivity contribution in [3.05, 3.63) is 48.5 Å². The summed E-state index contributed by atoms with van der Waals surface area (Å²) in [6.07, 6.45) is 1.70. The lowest BCUT2D eigenvalue weighted by atomic mass is 10.3. The highest BCUT2D eigenvalue weighted by Crippen LogP contribution is 2.29. The number of para-hydroxylation sites is 1. The second kappa shape index (κ2) is 7.55. The van der Waals surface area contributed by atoms with Crippen LogP contribution >= 0.6 is 0 Å². The minimum atomic E-state index is 0.0703. The van der Waals surface area contributed by atoms with Gasteiger partial charge in [0.25, 0.3) is 0 Å². The molecule has 112 valence electrons. The Kier molecular flexibility index (Phi) is 5.21. The molecule has 1 N–H and O–H groups in total.